The predicted molar refractivity (Wildman–Crippen MR) is 54.7 cm³/mol. The van der Waals surface area contributed by atoms with Gasteiger partial charge in [-0.3, -0.25) is 0 Å². The SMILES string of the molecule is CC(C)COCCOCC(C)CN. The van der Waals surface area contributed by atoms with E-state index in [1.807, 2.05) is 0 Å². The van der Waals surface area contributed by atoms with Crippen LogP contribution in [-0.4, -0.2) is 33.0 Å². The van der Waals surface area contributed by atoms with Gasteiger partial charge in [0.15, 0.2) is 0 Å². The quantitative estimate of drug-likeness (QED) is 0.585. The Kier molecular flexibility index (Phi) is 8.40. The lowest BCUT2D eigenvalue weighted by Gasteiger charge is -2.10. The van der Waals surface area contributed by atoms with Crippen LogP contribution in [0.25, 0.3) is 0 Å². The van der Waals surface area contributed by atoms with Gasteiger partial charge in [0.2, 0.25) is 0 Å². The average molecular weight is 189 g/mol. The van der Waals surface area contributed by atoms with Gasteiger partial charge in [0, 0.05) is 6.61 Å². The van der Waals surface area contributed by atoms with Crippen LogP contribution in [0, 0.1) is 11.8 Å². The van der Waals surface area contributed by atoms with Crippen LogP contribution in [0.15, 0.2) is 0 Å². The van der Waals surface area contributed by atoms with E-state index >= 15 is 0 Å². The minimum absolute atomic E-state index is 0.449. The molecule has 0 saturated carbocycles. The Hall–Kier alpha value is -0.120. The molecule has 2 N–H and O–H groups in total. The molecule has 0 heterocycles. The number of rotatable bonds is 8. The number of ether oxygens (including phenoxy) is 2. The molecule has 3 nitrogen and oxygen atoms in total. The van der Waals surface area contributed by atoms with Crippen molar-refractivity contribution in [3.05, 3.63) is 0 Å². The zero-order valence-corrected chi connectivity index (χ0v) is 9.08. The van der Waals surface area contributed by atoms with Crippen molar-refractivity contribution in [2.24, 2.45) is 17.6 Å². The lowest BCUT2D eigenvalue weighted by molar-refractivity contribution is 0.0283. The van der Waals surface area contributed by atoms with Gasteiger partial charge in [-0.2, -0.15) is 0 Å². The van der Waals surface area contributed by atoms with Crippen LogP contribution in [0.4, 0.5) is 0 Å². The van der Waals surface area contributed by atoms with Crippen LogP contribution in [-0.2, 0) is 9.47 Å². The second-order valence-electron chi connectivity index (χ2n) is 3.88. The third-order valence-corrected chi connectivity index (χ3v) is 1.63. The number of nitrogens with two attached hydrogens (primary N) is 1. The monoisotopic (exact) mass is 189 g/mol. The molecular weight excluding hydrogens is 166 g/mol. The van der Waals surface area contributed by atoms with Gasteiger partial charge >= 0.3 is 0 Å². The Morgan fingerprint density at radius 2 is 1.54 bits per heavy atom. The van der Waals surface area contributed by atoms with Crippen molar-refractivity contribution >= 4 is 0 Å². The molecule has 0 aliphatic heterocycles. The second-order valence-corrected chi connectivity index (χ2v) is 3.88. The molecule has 3 heteroatoms. The summed E-state index contributed by atoms with van der Waals surface area (Å²) in [6.45, 7) is 9.96. The molecule has 0 bridgehead atoms. The first kappa shape index (κ1) is 12.9. The first-order valence-electron chi connectivity index (χ1n) is 5.02. The smallest absolute Gasteiger partial charge is 0.0700 e. The summed E-state index contributed by atoms with van der Waals surface area (Å²) >= 11 is 0. The van der Waals surface area contributed by atoms with Crippen molar-refractivity contribution in [1.29, 1.82) is 0 Å². The summed E-state index contributed by atoms with van der Waals surface area (Å²) < 4.78 is 10.7. The van der Waals surface area contributed by atoms with Gasteiger partial charge in [-0.25, -0.2) is 0 Å². The van der Waals surface area contributed by atoms with Crippen molar-refractivity contribution in [3.63, 3.8) is 0 Å². The Bertz CT molecular complexity index is 107. The Balaban J connectivity index is 2.99. The largest absolute Gasteiger partial charge is 0.379 e. The van der Waals surface area contributed by atoms with E-state index in [0.29, 0.717) is 31.6 Å². The molecular formula is C10H23NO2. The summed E-state index contributed by atoms with van der Waals surface area (Å²) in [7, 11) is 0. The Morgan fingerprint density at radius 1 is 1.00 bits per heavy atom. The van der Waals surface area contributed by atoms with E-state index in [2.05, 4.69) is 20.8 Å². The maximum Gasteiger partial charge on any atom is 0.0700 e. The maximum atomic E-state index is 5.44. The maximum absolute atomic E-state index is 5.44. The lowest BCUT2D eigenvalue weighted by atomic mass is 10.2. The molecule has 0 fully saturated rings. The second kappa shape index (κ2) is 8.48. The first-order chi connectivity index (χ1) is 6.16. The third kappa shape index (κ3) is 9.80. The highest BCUT2D eigenvalue weighted by Crippen LogP contribution is 1.94. The molecule has 1 atom stereocenters. The molecule has 0 spiro atoms. The molecule has 0 rings (SSSR count). The summed E-state index contributed by atoms with van der Waals surface area (Å²) in [5.41, 5.74) is 5.44. The van der Waals surface area contributed by atoms with Gasteiger partial charge in [-0.05, 0) is 18.4 Å². The van der Waals surface area contributed by atoms with Crippen molar-refractivity contribution in [1.82, 2.24) is 0 Å². The van der Waals surface area contributed by atoms with E-state index < -0.39 is 0 Å². The highest BCUT2D eigenvalue weighted by molar-refractivity contribution is 4.49. The summed E-state index contributed by atoms with van der Waals surface area (Å²) in [6.07, 6.45) is 0. The molecule has 0 saturated heterocycles. The fraction of sp³-hybridized carbons (Fsp3) is 1.00. The minimum Gasteiger partial charge on any atom is -0.379 e. The van der Waals surface area contributed by atoms with Crippen LogP contribution < -0.4 is 5.73 Å². The van der Waals surface area contributed by atoms with Gasteiger partial charge < -0.3 is 15.2 Å². The van der Waals surface area contributed by atoms with Crippen molar-refractivity contribution in [2.45, 2.75) is 20.8 Å². The highest BCUT2D eigenvalue weighted by atomic mass is 16.5. The number of hydrogen-bond acceptors (Lipinski definition) is 3. The predicted octanol–water partition coefficient (Wildman–Crippen LogP) is 1.27. The van der Waals surface area contributed by atoms with E-state index in [4.69, 9.17) is 15.2 Å². The zero-order chi connectivity index (χ0) is 10.1. The molecule has 13 heavy (non-hydrogen) atoms. The molecule has 0 aromatic rings. The van der Waals surface area contributed by atoms with E-state index in [-0.39, 0.29) is 0 Å². The summed E-state index contributed by atoms with van der Waals surface area (Å²) in [5.74, 6) is 1.05. The molecule has 0 aromatic carbocycles. The summed E-state index contributed by atoms with van der Waals surface area (Å²) in [4.78, 5) is 0. The molecule has 0 aliphatic rings. The topological polar surface area (TPSA) is 44.5 Å². The van der Waals surface area contributed by atoms with Crippen LogP contribution in [0.1, 0.15) is 20.8 Å². The molecule has 80 valence electrons. The van der Waals surface area contributed by atoms with E-state index in [1.54, 1.807) is 0 Å². The van der Waals surface area contributed by atoms with Gasteiger partial charge in [0.05, 0.1) is 19.8 Å². The van der Waals surface area contributed by atoms with E-state index in [9.17, 15) is 0 Å². The molecule has 0 aromatic heterocycles. The van der Waals surface area contributed by atoms with Gasteiger partial charge in [0.25, 0.3) is 0 Å². The average Bonchev–Trinajstić information content (AvgIpc) is 2.10. The van der Waals surface area contributed by atoms with Crippen LogP contribution in [0.2, 0.25) is 0 Å². The lowest BCUT2D eigenvalue weighted by Crippen LogP contribution is -2.18. The Morgan fingerprint density at radius 3 is 2.00 bits per heavy atom. The number of hydrogen-bond donors (Lipinski definition) is 1. The minimum atomic E-state index is 0.449. The summed E-state index contributed by atoms with van der Waals surface area (Å²) in [6, 6.07) is 0. The van der Waals surface area contributed by atoms with Crippen molar-refractivity contribution in [3.8, 4) is 0 Å². The van der Waals surface area contributed by atoms with Gasteiger partial charge in [-0.15, -0.1) is 0 Å². The molecule has 0 amide bonds. The first-order valence-corrected chi connectivity index (χ1v) is 5.02. The fourth-order valence-corrected chi connectivity index (χ4v) is 0.789. The summed E-state index contributed by atoms with van der Waals surface area (Å²) in [5, 5.41) is 0. The molecule has 1 unspecified atom stereocenters. The van der Waals surface area contributed by atoms with Crippen LogP contribution in [0.3, 0.4) is 0 Å². The van der Waals surface area contributed by atoms with Crippen LogP contribution in [0.5, 0.6) is 0 Å². The van der Waals surface area contributed by atoms with Gasteiger partial charge in [-0.1, -0.05) is 20.8 Å². The van der Waals surface area contributed by atoms with Gasteiger partial charge in [0.1, 0.15) is 0 Å². The van der Waals surface area contributed by atoms with E-state index in [1.165, 1.54) is 0 Å². The van der Waals surface area contributed by atoms with Crippen molar-refractivity contribution in [2.75, 3.05) is 33.0 Å². The fourth-order valence-electron chi connectivity index (χ4n) is 0.789. The molecule has 0 aliphatic carbocycles. The standard InChI is InChI=1S/C10H23NO2/c1-9(2)7-12-4-5-13-8-10(3)6-11/h9-10H,4-8,11H2,1-3H3. The molecule has 0 radical (unpaired) electrons. The Labute approximate surface area is 81.6 Å². The van der Waals surface area contributed by atoms with Crippen molar-refractivity contribution < 1.29 is 9.47 Å². The normalized spacial score (nSPS) is 13.6. The highest BCUT2D eigenvalue weighted by Gasteiger charge is 1.98. The third-order valence-electron chi connectivity index (χ3n) is 1.63. The zero-order valence-electron chi connectivity index (χ0n) is 9.08. The van der Waals surface area contributed by atoms with Crippen LogP contribution >= 0.6 is 0 Å². The van der Waals surface area contributed by atoms with E-state index in [0.717, 1.165) is 13.2 Å².